The first-order valence-corrected chi connectivity index (χ1v) is 12.4. The van der Waals surface area contributed by atoms with Crippen molar-refractivity contribution in [2.24, 2.45) is 0 Å². The zero-order valence-electron chi connectivity index (χ0n) is 18.9. The number of carbonyl (C=O) groups excluding carboxylic acids is 2. The number of halogens is 4. The molecule has 2 amide bonds. The molecular weight excluding hydrogens is 531 g/mol. The largest absolute Gasteiger partial charge is 0.490 e. The predicted octanol–water partition coefficient (Wildman–Crippen LogP) is 7.49. The Morgan fingerprint density at radius 1 is 0.972 bits per heavy atom. The first kappa shape index (κ1) is 26.0. The second-order valence-corrected chi connectivity index (χ2v) is 9.44. The molecule has 186 valence electrons. The minimum absolute atomic E-state index is 0.0727. The molecule has 10 heteroatoms. The highest BCUT2D eigenvalue weighted by Crippen LogP contribution is 2.36. The van der Waals surface area contributed by atoms with Gasteiger partial charge in [0.25, 0.3) is 11.1 Å². The van der Waals surface area contributed by atoms with E-state index in [0.29, 0.717) is 29.2 Å². The topological polar surface area (TPSA) is 55.8 Å². The Kier molecular flexibility index (Phi) is 8.18. The van der Waals surface area contributed by atoms with Crippen molar-refractivity contribution in [3.05, 3.63) is 97.9 Å². The molecule has 0 radical (unpaired) electrons. The molecule has 3 aromatic carbocycles. The second-order valence-electron chi connectivity index (χ2n) is 7.63. The highest BCUT2D eigenvalue weighted by molar-refractivity contribution is 8.18. The van der Waals surface area contributed by atoms with Crippen molar-refractivity contribution in [2.45, 2.75) is 20.1 Å². The summed E-state index contributed by atoms with van der Waals surface area (Å²) in [6.07, 6.45) is 1.57. The van der Waals surface area contributed by atoms with Crippen molar-refractivity contribution in [2.75, 3.05) is 6.61 Å². The average molecular weight is 550 g/mol. The number of carbonyl (C=O) groups is 2. The van der Waals surface area contributed by atoms with Gasteiger partial charge in [0, 0.05) is 10.6 Å². The van der Waals surface area contributed by atoms with Crippen LogP contribution >= 0.6 is 35.0 Å². The molecule has 0 spiro atoms. The van der Waals surface area contributed by atoms with Crippen LogP contribution in [-0.2, 0) is 17.9 Å². The van der Waals surface area contributed by atoms with Crippen LogP contribution in [0.5, 0.6) is 11.5 Å². The van der Waals surface area contributed by atoms with Crippen molar-refractivity contribution in [3.8, 4) is 11.5 Å². The monoisotopic (exact) mass is 549 g/mol. The van der Waals surface area contributed by atoms with E-state index in [-0.39, 0.29) is 33.7 Å². The van der Waals surface area contributed by atoms with Crippen LogP contribution in [0.15, 0.2) is 59.5 Å². The summed E-state index contributed by atoms with van der Waals surface area (Å²) in [4.78, 5) is 26.7. The third-order valence-corrected chi connectivity index (χ3v) is 6.83. The third-order valence-electron chi connectivity index (χ3n) is 5.22. The molecule has 3 aromatic rings. The smallest absolute Gasteiger partial charge is 0.293 e. The van der Waals surface area contributed by atoms with Gasteiger partial charge in [0.2, 0.25) is 0 Å². The van der Waals surface area contributed by atoms with E-state index in [1.54, 1.807) is 37.3 Å². The molecule has 0 aliphatic carbocycles. The molecule has 1 fully saturated rings. The number of benzene rings is 3. The van der Waals surface area contributed by atoms with E-state index in [4.69, 9.17) is 32.7 Å². The van der Waals surface area contributed by atoms with Gasteiger partial charge in [-0.1, -0.05) is 41.4 Å². The molecule has 0 bridgehead atoms. The van der Waals surface area contributed by atoms with Gasteiger partial charge in [-0.3, -0.25) is 14.5 Å². The van der Waals surface area contributed by atoms with Gasteiger partial charge in [-0.15, -0.1) is 0 Å². The van der Waals surface area contributed by atoms with Crippen LogP contribution in [0, 0.1) is 11.6 Å². The number of hydrogen-bond donors (Lipinski definition) is 0. The van der Waals surface area contributed by atoms with Crippen molar-refractivity contribution in [3.63, 3.8) is 0 Å². The van der Waals surface area contributed by atoms with Crippen molar-refractivity contribution < 1.29 is 27.8 Å². The number of imide groups is 1. The van der Waals surface area contributed by atoms with Gasteiger partial charge in [0.1, 0.15) is 18.2 Å². The fourth-order valence-corrected chi connectivity index (χ4v) is 4.71. The number of nitrogens with zero attached hydrogens (tertiary/aromatic N) is 1. The number of rotatable bonds is 8. The standard InChI is InChI=1S/C26H19Cl2F2NO4S/c1-2-34-23-10-15(6-9-22(23)35-14-18-19(27)4-3-5-21(18)30)11-24-25(32)31(26(33)36-24)13-16-7-8-17(29)12-20(16)28/h3-12H,2,13-14H2,1H3/b24-11-. The van der Waals surface area contributed by atoms with Gasteiger partial charge in [-0.2, -0.15) is 0 Å². The lowest BCUT2D eigenvalue weighted by atomic mass is 10.1. The Bertz CT molecular complexity index is 1350. The van der Waals surface area contributed by atoms with Crippen LogP contribution in [-0.4, -0.2) is 22.7 Å². The minimum atomic E-state index is -0.507. The molecule has 0 atom stereocenters. The number of hydrogen-bond acceptors (Lipinski definition) is 5. The fourth-order valence-electron chi connectivity index (χ4n) is 3.43. The maximum absolute atomic E-state index is 14.1. The molecule has 4 rings (SSSR count). The lowest BCUT2D eigenvalue weighted by Crippen LogP contribution is -2.27. The Hall–Kier alpha value is -3.07. The van der Waals surface area contributed by atoms with Crippen molar-refractivity contribution >= 4 is 52.2 Å². The molecule has 0 aromatic heterocycles. The van der Waals surface area contributed by atoms with Crippen molar-refractivity contribution in [1.82, 2.24) is 4.90 Å². The molecule has 1 aliphatic heterocycles. The zero-order valence-corrected chi connectivity index (χ0v) is 21.2. The van der Waals surface area contributed by atoms with E-state index in [9.17, 15) is 18.4 Å². The lowest BCUT2D eigenvalue weighted by Gasteiger charge is -2.14. The van der Waals surface area contributed by atoms with Crippen LogP contribution in [0.4, 0.5) is 13.6 Å². The minimum Gasteiger partial charge on any atom is -0.490 e. The van der Waals surface area contributed by atoms with Crippen LogP contribution in [0.2, 0.25) is 10.0 Å². The molecule has 5 nitrogen and oxygen atoms in total. The highest BCUT2D eigenvalue weighted by atomic mass is 35.5. The van der Waals surface area contributed by atoms with Gasteiger partial charge in [0.05, 0.1) is 23.1 Å². The Morgan fingerprint density at radius 3 is 2.50 bits per heavy atom. The van der Waals surface area contributed by atoms with E-state index in [1.165, 1.54) is 24.3 Å². The molecule has 1 saturated heterocycles. The van der Waals surface area contributed by atoms with Gasteiger partial charge >= 0.3 is 0 Å². The van der Waals surface area contributed by atoms with Crippen LogP contribution < -0.4 is 9.47 Å². The van der Waals surface area contributed by atoms with Gasteiger partial charge in [0.15, 0.2) is 11.5 Å². The molecular formula is C26H19Cl2F2NO4S. The maximum Gasteiger partial charge on any atom is 0.293 e. The summed E-state index contributed by atoms with van der Waals surface area (Å²) in [7, 11) is 0. The summed E-state index contributed by atoms with van der Waals surface area (Å²) in [5.41, 5.74) is 1.28. The molecule has 0 saturated carbocycles. The summed E-state index contributed by atoms with van der Waals surface area (Å²) < 4.78 is 38.8. The zero-order chi connectivity index (χ0) is 25.8. The number of ether oxygens (including phenoxy) is 2. The van der Waals surface area contributed by atoms with Gasteiger partial charge < -0.3 is 9.47 Å². The first-order valence-electron chi connectivity index (χ1n) is 10.8. The van der Waals surface area contributed by atoms with Gasteiger partial charge in [-0.25, -0.2) is 8.78 Å². The Labute approximate surface area is 220 Å². The van der Waals surface area contributed by atoms with Crippen LogP contribution in [0.25, 0.3) is 6.08 Å². The molecule has 0 N–H and O–H groups in total. The summed E-state index contributed by atoms with van der Waals surface area (Å²) in [6.45, 7) is 1.97. The highest BCUT2D eigenvalue weighted by Gasteiger charge is 2.35. The van der Waals surface area contributed by atoms with Crippen molar-refractivity contribution in [1.29, 1.82) is 0 Å². The van der Waals surface area contributed by atoms with E-state index in [1.807, 2.05) is 0 Å². The Morgan fingerprint density at radius 2 is 1.78 bits per heavy atom. The van der Waals surface area contributed by atoms with Crippen LogP contribution in [0.3, 0.4) is 0 Å². The summed E-state index contributed by atoms with van der Waals surface area (Å²) in [5, 5.41) is -0.0766. The first-order chi connectivity index (χ1) is 17.3. The number of amides is 2. The normalized spacial score (nSPS) is 14.6. The molecule has 0 unspecified atom stereocenters. The lowest BCUT2D eigenvalue weighted by molar-refractivity contribution is -0.123. The summed E-state index contributed by atoms with van der Waals surface area (Å²) in [6, 6.07) is 13.1. The third kappa shape index (κ3) is 5.83. The SMILES string of the molecule is CCOc1cc(/C=C2\SC(=O)N(Cc3ccc(F)cc3Cl)C2=O)ccc1OCc1c(F)cccc1Cl. The quantitative estimate of drug-likeness (QED) is 0.272. The average Bonchev–Trinajstić information content (AvgIpc) is 3.09. The van der Waals surface area contributed by atoms with E-state index in [0.717, 1.165) is 22.7 Å². The summed E-state index contributed by atoms with van der Waals surface area (Å²) in [5.74, 6) is -0.719. The molecule has 1 aliphatic rings. The maximum atomic E-state index is 14.1. The second kappa shape index (κ2) is 11.3. The Balaban J connectivity index is 1.53. The summed E-state index contributed by atoms with van der Waals surface area (Å²) >= 11 is 12.9. The molecule has 36 heavy (non-hydrogen) atoms. The van der Waals surface area contributed by atoms with Crippen LogP contribution in [0.1, 0.15) is 23.6 Å². The fraction of sp³-hybridized carbons (Fsp3) is 0.154. The van der Waals surface area contributed by atoms with E-state index >= 15 is 0 Å². The van der Waals surface area contributed by atoms with E-state index < -0.39 is 22.8 Å². The predicted molar refractivity (Wildman–Crippen MR) is 136 cm³/mol. The number of thioether (sulfide) groups is 1. The van der Waals surface area contributed by atoms with Gasteiger partial charge in [-0.05, 0) is 72.3 Å². The molecule has 1 heterocycles. The van der Waals surface area contributed by atoms with E-state index in [2.05, 4.69) is 0 Å².